The highest BCUT2D eigenvalue weighted by Crippen LogP contribution is 2.36. The number of rotatable bonds is 7. The smallest absolute Gasteiger partial charge is 0.220 e. The van der Waals surface area contributed by atoms with Gasteiger partial charge in [0.25, 0.3) is 0 Å². The molecular weight excluding hydrogens is 398 g/mol. The highest BCUT2D eigenvalue weighted by atomic mass is 16.5. The first kappa shape index (κ1) is 22.1. The van der Waals surface area contributed by atoms with Crippen molar-refractivity contribution in [2.75, 3.05) is 19.8 Å². The number of aryl methyl sites for hydroxylation is 1. The molecule has 1 fully saturated rings. The molecule has 1 amide bonds. The maximum Gasteiger partial charge on any atom is 0.220 e. The summed E-state index contributed by atoms with van der Waals surface area (Å²) < 4.78 is 5.62. The van der Waals surface area contributed by atoms with Gasteiger partial charge in [0, 0.05) is 43.1 Å². The molecule has 2 N–H and O–H groups in total. The van der Waals surface area contributed by atoms with Gasteiger partial charge in [-0.25, -0.2) is 0 Å². The van der Waals surface area contributed by atoms with E-state index in [1.807, 2.05) is 55.5 Å². The Labute approximate surface area is 190 Å². The lowest BCUT2D eigenvalue weighted by atomic mass is 9.74. The summed E-state index contributed by atoms with van der Waals surface area (Å²) in [5, 5.41) is 13.8. The van der Waals surface area contributed by atoms with E-state index in [4.69, 9.17) is 4.74 Å². The molecule has 3 aromatic carbocycles. The summed E-state index contributed by atoms with van der Waals surface area (Å²) in [5.74, 6) is 0.0108. The molecule has 1 heterocycles. The van der Waals surface area contributed by atoms with Gasteiger partial charge < -0.3 is 15.2 Å². The van der Waals surface area contributed by atoms with Crippen LogP contribution in [0.1, 0.15) is 47.4 Å². The van der Waals surface area contributed by atoms with Gasteiger partial charge in [-0.2, -0.15) is 0 Å². The fourth-order valence-electron chi connectivity index (χ4n) is 4.69. The molecule has 1 aliphatic rings. The molecule has 4 nitrogen and oxygen atoms in total. The minimum atomic E-state index is -0.209. The molecule has 1 atom stereocenters. The molecule has 0 unspecified atom stereocenters. The number of aromatic hydroxyl groups is 1. The Balaban J connectivity index is 1.53. The number of carbonyl (C=O) groups excluding carboxylic acids is 1. The van der Waals surface area contributed by atoms with Crippen molar-refractivity contribution in [3.05, 3.63) is 101 Å². The van der Waals surface area contributed by atoms with E-state index in [0.29, 0.717) is 19.8 Å². The van der Waals surface area contributed by atoms with Crippen LogP contribution < -0.4 is 5.32 Å². The Kier molecular flexibility index (Phi) is 6.91. The van der Waals surface area contributed by atoms with Gasteiger partial charge in [0.15, 0.2) is 0 Å². The molecule has 32 heavy (non-hydrogen) atoms. The highest BCUT2D eigenvalue weighted by Gasteiger charge is 2.35. The summed E-state index contributed by atoms with van der Waals surface area (Å²) in [6, 6.07) is 26.0. The predicted octanol–water partition coefficient (Wildman–Crippen LogP) is 5.09. The first-order valence-electron chi connectivity index (χ1n) is 11.3. The predicted molar refractivity (Wildman–Crippen MR) is 127 cm³/mol. The van der Waals surface area contributed by atoms with Gasteiger partial charge in [-0.1, -0.05) is 72.8 Å². The maximum atomic E-state index is 13.2. The summed E-state index contributed by atoms with van der Waals surface area (Å²) in [4.78, 5) is 13.2. The fourth-order valence-corrected chi connectivity index (χ4v) is 4.69. The third-order valence-electron chi connectivity index (χ3n) is 6.61. The number of benzene rings is 3. The minimum Gasteiger partial charge on any atom is -0.508 e. The van der Waals surface area contributed by atoms with Gasteiger partial charge in [0.1, 0.15) is 5.75 Å². The Morgan fingerprint density at radius 3 is 2.31 bits per heavy atom. The molecule has 0 aliphatic carbocycles. The standard InChI is InChI=1S/C28H31NO3/c1-21-12-13-24(26(30)18-21)25(22-8-4-2-5-9-22)19-27(31)29-20-28(14-16-32-17-15-28)23-10-6-3-7-11-23/h2-13,18,25,30H,14-17,19-20H2,1H3,(H,29,31)/t25-/m0/s1. The van der Waals surface area contributed by atoms with Crippen LogP contribution in [0, 0.1) is 6.92 Å². The molecule has 4 heteroatoms. The third kappa shape index (κ3) is 5.03. The van der Waals surface area contributed by atoms with Gasteiger partial charge in [0.05, 0.1) is 0 Å². The fraction of sp³-hybridized carbons (Fsp3) is 0.321. The number of phenols is 1. The second-order valence-corrected chi connectivity index (χ2v) is 8.77. The van der Waals surface area contributed by atoms with Crippen LogP contribution in [0.5, 0.6) is 5.75 Å². The summed E-state index contributed by atoms with van der Waals surface area (Å²) >= 11 is 0. The molecule has 3 aromatic rings. The van der Waals surface area contributed by atoms with Crippen molar-refractivity contribution >= 4 is 5.91 Å². The molecule has 0 saturated carbocycles. The van der Waals surface area contributed by atoms with Crippen molar-refractivity contribution in [1.82, 2.24) is 5.32 Å². The molecule has 1 aliphatic heterocycles. The molecule has 0 spiro atoms. The van der Waals surface area contributed by atoms with E-state index in [0.717, 1.165) is 29.5 Å². The van der Waals surface area contributed by atoms with Gasteiger partial charge >= 0.3 is 0 Å². The number of hydrogen-bond donors (Lipinski definition) is 2. The van der Waals surface area contributed by atoms with Gasteiger partial charge in [-0.3, -0.25) is 4.79 Å². The second-order valence-electron chi connectivity index (χ2n) is 8.77. The van der Waals surface area contributed by atoms with Crippen LogP contribution in [0.15, 0.2) is 78.9 Å². The van der Waals surface area contributed by atoms with E-state index in [1.54, 1.807) is 6.07 Å². The molecule has 0 bridgehead atoms. The van der Waals surface area contributed by atoms with Gasteiger partial charge in [0.2, 0.25) is 5.91 Å². The topological polar surface area (TPSA) is 58.6 Å². The molecular formula is C28H31NO3. The van der Waals surface area contributed by atoms with E-state index in [-0.39, 0.29) is 29.4 Å². The van der Waals surface area contributed by atoms with Crippen molar-refractivity contribution in [2.24, 2.45) is 0 Å². The first-order valence-corrected chi connectivity index (χ1v) is 11.3. The summed E-state index contributed by atoms with van der Waals surface area (Å²) in [5.41, 5.74) is 3.93. The molecule has 1 saturated heterocycles. The van der Waals surface area contributed by atoms with Crippen LogP contribution in [-0.2, 0) is 14.9 Å². The first-order chi connectivity index (χ1) is 15.6. The zero-order valence-electron chi connectivity index (χ0n) is 18.6. The highest BCUT2D eigenvalue weighted by molar-refractivity contribution is 5.78. The van der Waals surface area contributed by atoms with Crippen molar-refractivity contribution in [2.45, 2.75) is 37.5 Å². The quantitative estimate of drug-likeness (QED) is 0.550. The maximum absolute atomic E-state index is 13.2. The minimum absolute atomic E-state index is 0.0133. The average molecular weight is 430 g/mol. The summed E-state index contributed by atoms with van der Waals surface area (Å²) in [6.45, 7) is 3.94. The number of nitrogens with one attached hydrogen (secondary N) is 1. The lowest BCUT2D eigenvalue weighted by Crippen LogP contribution is -2.44. The van der Waals surface area contributed by atoms with E-state index >= 15 is 0 Å². The monoisotopic (exact) mass is 429 g/mol. The van der Waals surface area contributed by atoms with E-state index < -0.39 is 0 Å². The van der Waals surface area contributed by atoms with E-state index in [9.17, 15) is 9.90 Å². The molecule has 4 rings (SSSR count). The van der Waals surface area contributed by atoms with Crippen LogP contribution in [0.4, 0.5) is 0 Å². The van der Waals surface area contributed by atoms with E-state index in [1.165, 1.54) is 5.56 Å². The Morgan fingerprint density at radius 2 is 1.66 bits per heavy atom. The number of ether oxygens (including phenoxy) is 1. The number of hydrogen-bond acceptors (Lipinski definition) is 3. The van der Waals surface area contributed by atoms with Crippen molar-refractivity contribution in [3.63, 3.8) is 0 Å². The van der Waals surface area contributed by atoms with Crippen LogP contribution in [0.2, 0.25) is 0 Å². The summed E-state index contributed by atoms with van der Waals surface area (Å²) in [6.07, 6.45) is 2.05. The van der Waals surface area contributed by atoms with Gasteiger partial charge in [-0.05, 0) is 42.5 Å². The Bertz CT molecular complexity index is 1030. The van der Waals surface area contributed by atoms with Crippen LogP contribution in [0.3, 0.4) is 0 Å². The SMILES string of the molecule is Cc1ccc([C@@H](CC(=O)NCC2(c3ccccc3)CCOCC2)c2ccccc2)c(O)c1. The zero-order valence-corrected chi connectivity index (χ0v) is 18.6. The Hall–Kier alpha value is -3.11. The third-order valence-corrected chi connectivity index (χ3v) is 6.61. The molecule has 0 aromatic heterocycles. The van der Waals surface area contributed by atoms with Crippen LogP contribution in [-0.4, -0.2) is 30.8 Å². The second kappa shape index (κ2) is 10.0. The number of phenolic OH excluding ortho intramolecular Hbond substituents is 1. The number of carbonyl (C=O) groups is 1. The summed E-state index contributed by atoms with van der Waals surface area (Å²) in [7, 11) is 0. The van der Waals surface area contributed by atoms with Crippen LogP contribution >= 0.6 is 0 Å². The lowest BCUT2D eigenvalue weighted by molar-refractivity contribution is -0.121. The van der Waals surface area contributed by atoms with Crippen LogP contribution in [0.25, 0.3) is 0 Å². The largest absolute Gasteiger partial charge is 0.508 e. The average Bonchev–Trinajstić information content (AvgIpc) is 2.83. The van der Waals surface area contributed by atoms with Crippen molar-refractivity contribution in [3.8, 4) is 5.75 Å². The molecule has 0 radical (unpaired) electrons. The molecule has 166 valence electrons. The van der Waals surface area contributed by atoms with Crippen molar-refractivity contribution < 1.29 is 14.6 Å². The Morgan fingerprint density at radius 1 is 1.00 bits per heavy atom. The zero-order chi connectivity index (χ0) is 22.4. The number of amides is 1. The van der Waals surface area contributed by atoms with Gasteiger partial charge in [-0.15, -0.1) is 0 Å². The lowest BCUT2D eigenvalue weighted by Gasteiger charge is -2.38. The van der Waals surface area contributed by atoms with Crippen molar-refractivity contribution in [1.29, 1.82) is 0 Å². The normalized spacial score (nSPS) is 16.3. The van der Waals surface area contributed by atoms with E-state index in [2.05, 4.69) is 29.6 Å².